The maximum absolute atomic E-state index is 14.0. The lowest BCUT2D eigenvalue weighted by Gasteiger charge is -2.34. The van der Waals surface area contributed by atoms with E-state index in [9.17, 15) is 38.4 Å². The Morgan fingerprint density at radius 2 is 0.862 bits per heavy atom. The number of methoxy groups -OCH3 is 4. The first-order valence-electron chi connectivity index (χ1n) is 43.0. The number of carboxylic acid groups (broad SMARTS) is 1. The fraction of sp³-hybridized carbons (Fsp3) is 0.522. The van der Waals surface area contributed by atoms with Crippen molar-refractivity contribution >= 4 is 70.5 Å². The third-order valence-corrected chi connectivity index (χ3v) is 25.4. The van der Waals surface area contributed by atoms with Crippen LogP contribution in [-0.2, 0) is 71.3 Å². The predicted molar refractivity (Wildman–Crippen MR) is 456 cm³/mol. The fourth-order valence-electron chi connectivity index (χ4n) is 18.5. The van der Waals surface area contributed by atoms with Crippen LogP contribution in [0.2, 0.25) is 0 Å². The number of H-pyrrole nitrogens is 2. The first-order chi connectivity index (χ1) is 59.5. The van der Waals surface area contributed by atoms with E-state index in [1.807, 2.05) is 57.4 Å². The molecule has 0 bridgehead atoms. The average Bonchev–Trinajstić information content (AvgIpc) is 1.61. The number of ether oxygens (including phenoxy) is 10. The third kappa shape index (κ3) is 20.8. The Morgan fingerprint density at radius 1 is 0.463 bits per heavy atom. The molecule has 1 saturated carbocycles. The number of allylic oxidation sites excluding steroid dienone is 2. The Kier molecular flexibility index (Phi) is 28.8. The summed E-state index contributed by atoms with van der Waals surface area (Å²) in [5, 5.41) is 17.3. The maximum atomic E-state index is 14.0. The zero-order valence-electron chi connectivity index (χ0n) is 71.3. The molecule has 123 heavy (non-hydrogen) atoms. The van der Waals surface area contributed by atoms with Crippen molar-refractivity contribution in [2.75, 3.05) is 101 Å². The zero-order chi connectivity index (χ0) is 86.5. The molecule has 6 N–H and O–H groups in total. The number of carbonyl (C=O) groups is 8. The Balaban J connectivity index is 0.000000175. The number of likely N-dealkylation sites (tertiary alicyclic amines) is 3. The van der Waals surface area contributed by atoms with Crippen molar-refractivity contribution in [2.45, 2.75) is 178 Å². The van der Waals surface area contributed by atoms with Gasteiger partial charge in [-0.25, -0.2) is 24.4 Å². The van der Waals surface area contributed by atoms with Crippen LogP contribution in [0.4, 0.5) is 14.4 Å². The standard InChI is InChI=1S/C45H55N7O9.C37H43N5O5.C10H16O5/c1-27(2)38(49-43(55)57-3)41(53)52-26-45(60-20-21-61-45)23-37(52)34-22-33(24-46-34)30-9-7-28(8-10-30)29-11-13-31(14-12-29)35-25-47-40(48-35)36-6-5-17-51(36)42(54)39(50-44(56)58-4)32-15-18-59-19-16-32;1-23(2)33(41-36(44)45-3)35(43)42-22-37(46-16-17-47-37)19-32(42)30-18-29(20-38-30)26-10-8-24(9-11-26)25-12-14-27(15-13-25)31-21-39-34(40-31)28-6-4-5-7-28;1-14-9(11)6-8(10(12)13)7-2-4-15-5-3-7/h7-14,24-25,27,32,36-39H,5-6,15-23,26H2,1-4H3,(H,47,48)(H,49,55)(H,50,56);8-15,20-21,23,28,32-33H,4-7,16-19,22H2,1-3H3,(H,39,40)(H,41,44);7-8H,2-6H2,1H3,(H,12,13)/t36-,37-,38-,39-;32-,33-;8-/m000/s1. The number of carboxylic acids is 1. The summed E-state index contributed by atoms with van der Waals surface area (Å²) in [6.07, 6.45) is 17.2. The highest BCUT2D eigenvalue weighted by Crippen LogP contribution is 2.44. The molecular weight excluding hydrogens is 1580 g/mol. The number of carbonyl (C=O) groups excluding carboxylic acids is 7. The van der Waals surface area contributed by atoms with Crippen LogP contribution in [0.5, 0.6) is 0 Å². The smallest absolute Gasteiger partial charge is 0.407 e. The number of benzene rings is 4. The quantitative estimate of drug-likeness (QED) is 0.0256. The zero-order valence-corrected chi connectivity index (χ0v) is 71.3. The molecule has 16 rings (SSSR count). The minimum atomic E-state index is -0.924. The molecule has 2 spiro atoms. The molecule has 10 aliphatic rings. The molecule has 2 aromatic heterocycles. The number of aliphatic carboxylic acids is 1. The summed E-state index contributed by atoms with van der Waals surface area (Å²) in [6, 6.07) is 30.7. The summed E-state index contributed by atoms with van der Waals surface area (Å²) in [7, 11) is 5.15. The highest BCUT2D eigenvalue weighted by atomic mass is 16.7. The Morgan fingerprint density at radius 3 is 1.28 bits per heavy atom. The van der Waals surface area contributed by atoms with Gasteiger partial charge in [0, 0.05) is 88.4 Å². The Labute approximate surface area is 716 Å². The molecule has 7 atom stereocenters. The molecule has 9 aliphatic heterocycles. The number of imidazole rings is 2. The second kappa shape index (κ2) is 40.1. The molecule has 1 aliphatic carbocycles. The number of hydrogen-bond donors (Lipinski definition) is 6. The number of alkyl carbamates (subject to hydrolysis) is 3. The SMILES string of the molecule is COC(=O)C[C@H](C(=O)O)C1CCOCC1.COC(=O)N[C@H](C(=O)N1CC2(C[C@H]1C1=NC=C(c3ccc(-c4ccc(-c5cnc(C6CCCC6)[nH]5)cc4)cc3)C1)OCCO2)C(C)C.COC(=O)N[C@H](C(=O)N1CC2(C[C@H]1C1=NC=C(c3ccc(-c4ccc(-c5cnc([C@@H]6CCCN6C(=O)[C@@H](NC(=O)OC)C6CCOCC6)[nH]5)cc4)cc3)C1)OCCO2)C(C)C. The van der Waals surface area contributed by atoms with Gasteiger partial charge < -0.3 is 93.1 Å². The topological polar surface area (TPSA) is 377 Å². The number of esters is 1. The van der Waals surface area contributed by atoms with Gasteiger partial charge in [0.2, 0.25) is 17.7 Å². The van der Waals surface area contributed by atoms with Crippen LogP contribution in [0.3, 0.4) is 0 Å². The number of aliphatic imine (C=N–C) groups is 2. The van der Waals surface area contributed by atoms with Gasteiger partial charge in [-0.1, -0.05) is 138 Å². The Bertz CT molecular complexity index is 4840. The summed E-state index contributed by atoms with van der Waals surface area (Å²) >= 11 is 0. The molecule has 656 valence electrons. The van der Waals surface area contributed by atoms with E-state index in [0.29, 0.717) is 117 Å². The molecule has 7 saturated heterocycles. The van der Waals surface area contributed by atoms with Crippen molar-refractivity contribution in [3.63, 3.8) is 0 Å². The van der Waals surface area contributed by atoms with Gasteiger partial charge in [0.25, 0.3) is 0 Å². The van der Waals surface area contributed by atoms with Crippen molar-refractivity contribution in [2.24, 2.45) is 39.6 Å². The largest absolute Gasteiger partial charge is 0.481 e. The van der Waals surface area contributed by atoms with Crippen LogP contribution in [0.1, 0.15) is 159 Å². The van der Waals surface area contributed by atoms with Gasteiger partial charge in [-0.05, 0) is 131 Å². The van der Waals surface area contributed by atoms with Crippen molar-refractivity contribution in [3.05, 3.63) is 145 Å². The van der Waals surface area contributed by atoms with Gasteiger partial charge in [-0.2, -0.15) is 0 Å². The van der Waals surface area contributed by atoms with Crippen LogP contribution in [0.25, 0.3) is 55.9 Å². The summed E-state index contributed by atoms with van der Waals surface area (Å²) in [5.74, 6) is -2.23. The van der Waals surface area contributed by atoms with E-state index < -0.39 is 65.8 Å². The number of amides is 6. The van der Waals surface area contributed by atoms with Crippen molar-refractivity contribution in [3.8, 4) is 44.8 Å². The first kappa shape index (κ1) is 88.4. The van der Waals surface area contributed by atoms with Crippen molar-refractivity contribution < 1.29 is 90.8 Å². The highest BCUT2D eigenvalue weighted by Gasteiger charge is 2.55. The van der Waals surface area contributed by atoms with E-state index >= 15 is 0 Å². The van der Waals surface area contributed by atoms with Crippen LogP contribution in [-0.4, -0.2) is 242 Å². The maximum Gasteiger partial charge on any atom is 0.407 e. The molecular formula is C92H114N12O19. The van der Waals surface area contributed by atoms with E-state index in [4.69, 9.17) is 62.7 Å². The molecule has 6 aromatic rings. The van der Waals surface area contributed by atoms with E-state index in [2.05, 4.69) is 133 Å². The number of aromatic nitrogens is 4. The third-order valence-electron chi connectivity index (χ3n) is 25.4. The number of rotatable bonds is 23. The number of hydrogen-bond acceptors (Lipinski definition) is 22. The summed E-state index contributed by atoms with van der Waals surface area (Å²) in [6.45, 7) is 12.8. The van der Waals surface area contributed by atoms with Crippen LogP contribution in [0.15, 0.2) is 132 Å². The average molecular weight is 1690 g/mol. The molecule has 0 unspecified atom stereocenters. The highest BCUT2D eigenvalue weighted by molar-refractivity contribution is 6.05. The molecule has 8 fully saturated rings. The number of nitrogens with one attached hydrogen (secondary N) is 5. The molecule has 4 aromatic carbocycles. The van der Waals surface area contributed by atoms with Gasteiger partial charge in [-0.15, -0.1) is 0 Å². The second-order valence-corrected chi connectivity index (χ2v) is 33.8. The summed E-state index contributed by atoms with van der Waals surface area (Å²) in [5.41, 5.74) is 14.4. The van der Waals surface area contributed by atoms with E-state index in [-0.39, 0.29) is 79.0 Å². The minimum absolute atomic E-state index is 0.0235. The second-order valence-electron chi connectivity index (χ2n) is 33.8. The van der Waals surface area contributed by atoms with Crippen molar-refractivity contribution in [1.29, 1.82) is 0 Å². The van der Waals surface area contributed by atoms with Gasteiger partial charge in [0.05, 0.1) is 122 Å². The van der Waals surface area contributed by atoms with E-state index in [1.54, 1.807) is 9.80 Å². The van der Waals surface area contributed by atoms with Gasteiger partial charge >= 0.3 is 30.2 Å². The van der Waals surface area contributed by atoms with E-state index in [1.165, 1.54) is 54.1 Å². The van der Waals surface area contributed by atoms with Gasteiger partial charge in [-0.3, -0.25) is 34.0 Å². The molecule has 6 amide bonds. The monoisotopic (exact) mass is 1690 g/mol. The molecule has 31 nitrogen and oxygen atoms in total. The van der Waals surface area contributed by atoms with Crippen LogP contribution in [0, 0.1) is 29.6 Å². The van der Waals surface area contributed by atoms with E-state index in [0.717, 1.165) is 103 Å². The summed E-state index contributed by atoms with van der Waals surface area (Å²) < 4.78 is 53.8. The normalized spacial score (nSPS) is 21.6. The van der Waals surface area contributed by atoms with Crippen LogP contribution >= 0.6 is 0 Å². The number of nitrogens with zero attached hydrogens (tertiary/aromatic N) is 7. The molecule has 31 heteroatoms. The fourth-order valence-corrected chi connectivity index (χ4v) is 18.5. The van der Waals surface area contributed by atoms with Gasteiger partial charge in [0.15, 0.2) is 11.6 Å². The number of aromatic amines is 2. The Hall–Kier alpha value is -11.0. The molecule has 11 heterocycles. The first-order valence-corrected chi connectivity index (χ1v) is 43.0. The lowest BCUT2D eigenvalue weighted by atomic mass is 9.84. The summed E-state index contributed by atoms with van der Waals surface area (Å²) in [4.78, 5) is 132. The van der Waals surface area contributed by atoms with Crippen molar-refractivity contribution in [1.82, 2.24) is 50.6 Å². The van der Waals surface area contributed by atoms with Crippen LogP contribution < -0.4 is 16.0 Å². The minimum Gasteiger partial charge on any atom is -0.481 e. The lowest BCUT2D eigenvalue weighted by molar-refractivity contribution is -0.153. The predicted octanol–water partition coefficient (Wildman–Crippen LogP) is 12.5. The lowest BCUT2D eigenvalue weighted by Crippen LogP contribution is -2.54. The molecule has 0 radical (unpaired) electrons. The van der Waals surface area contributed by atoms with Gasteiger partial charge in [0.1, 0.15) is 29.8 Å².